The lowest BCUT2D eigenvalue weighted by Gasteiger charge is -2.28. The summed E-state index contributed by atoms with van der Waals surface area (Å²) in [6.07, 6.45) is 1.33. The monoisotopic (exact) mass is 318 g/mol. The number of nitrogens with one attached hydrogen (secondary N) is 1. The van der Waals surface area contributed by atoms with Gasteiger partial charge in [0.25, 0.3) is 0 Å². The fourth-order valence-corrected chi connectivity index (χ4v) is 2.22. The van der Waals surface area contributed by atoms with Gasteiger partial charge in [-0.25, -0.2) is 0 Å². The Hall–Kier alpha value is 0.630. The van der Waals surface area contributed by atoms with E-state index in [0.717, 1.165) is 6.42 Å². The first-order chi connectivity index (χ1) is 7.62. The van der Waals surface area contributed by atoms with Crippen molar-refractivity contribution < 1.29 is 4.55 Å². The highest BCUT2D eigenvalue weighted by Gasteiger charge is 2.33. The zero-order valence-electron chi connectivity index (χ0n) is 10.1. The van der Waals surface area contributed by atoms with Crippen molar-refractivity contribution >= 4 is 46.2 Å². The topological polar surface area (TPSA) is 58.9 Å². The second kappa shape index (κ2) is 7.28. The number of hydrogen-bond acceptors (Lipinski definition) is 3. The molecule has 0 aromatic carbocycles. The lowest BCUT2D eigenvalue weighted by atomic mass is 10.1. The van der Waals surface area contributed by atoms with E-state index in [2.05, 4.69) is 4.72 Å². The molecule has 0 amide bonds. The molecule has 0 rings (SSSR count). The zero-order valence-corrected chi connectivity index (χ0v) is 13.2. The Balaban J connectivity index is 4.29. The van der Waals surface area contributed by atoms with Gasteiger partial charge in [0.05, 0.1) is 6.07 Å². The van der Waals surface area contributed by atoms with Crippen molar-refractivity contribution in [3.63, 3.8) is 0 Å². The van der Waals surface area contributed by atoms with Crippen molar-refractivity contribution in [1.82, 2.24) is 4.72 Å². The maximum atomic E-state index is 11.9. The summed E-state index contributed by atoms with van der Waals surface area (Å²) in [5.74, 6) is 0. The summed E-state index contributed by atoms with van der Waals surface area (Å²) in [5, 5.41) is 8.93. The molecule has 2 atom stereocenters. The first-order valence-corrected chi connectivity index (χ1v) is 7.55. The molecule has 100 valence electrons. The van der Waals surface area contributed by atoms with Crippen LogP contribution in [0.2, 0.25) is 0 Å². The summed E-state index contributed by atoms with van der Waals surface area (Å²) in [6, 6.07) is 1.45. The predicted octanol–water partition coefficient (Wildman–Crippen LogP) is 3.47. The quantitative estimate of drug-likeness (QED) is 0.602. The van der Waals surface area contributed by atoms with Crippen molar-refractivity contribution in [2.24, 2.45) is 0 Å². The van der Waals surface area contributed by atoms with Gasteiger partial charge in [-0.3, -0.25) is 0 Å². The van der Waals surface area contributed by atoms with Gasteiger partial charge in [0.2, 0.25) is 0 Å². The summed E-state index contributed by atoms with van der Waals surface area (Å²) < 4.78 is 12.9. The number of nitriles is 1. The molecule has 0 aliphatic heterocycles. The fraction of sp³-hybridized carbons (Fsp3) is 0.900. The average Bonchev–Trinajstić information content (AvgIpc) is 2.22. The number of rotatable bonds is 6. The smallest absolute Gasteiger partial charge is 0.190 e. The van der Waals surface area contributed by atoms with Crippen LogP contribution in [0.1, 0.15) is 40.0 Å². The molecule has 0 aliphatic rings. The van der Waals surface area contributed by atoms with E-state index in [9.17, 15) is 4.55 Å². The Labute approximate surface area is 121 Å². The van der Waals surface area contributed by atoms with Gasteiger partial charge < -0.3 is 4.55 Å². The second-order valence-electron chi connectivity index (χ2n) is 4.34. The summed E-state index contributed by atoms with van der Waals surface area (Å²) in [7, 11) is 0. The Morgan fingerprint density at radius 1 is 1.41 bits per heavy atom. The summed E-state index contributed by atoms with van der Waals surface area (Å²) in [4.78, 5) is 0. The van der Waals surface area contributed by atoms with E-state index in [0.29, 0.717) is 6.42 Å². The average molecular weight is 320 g/mol. The largest absolute Gasteiger partial charge is 0.598 e. The molecule has 0 aromatic heterocycles. The highest BCUT2D eigenvalue weighted by atomic mass is 35.6. The normalized spacial score (nSPS) is 16.4. The highest BCUT2D eigenvalue weighted by molar-refractivity contribution is 7.90. The minimum Gasteiger partial charge on any atom is -0.598 e. The predicted molar refractivity (Wildman–Crippen MR) is 74.6 cm³/mol. The number of halogens is 3. The van der Waals surface area contributed by atoms with E-state index in [-0.39, 0.29) is 11.2 Å². The molecular formula is C10H17Cl3N2OS. The third-order valence-electron chi connectivity index (χ3n) is 2.47. The van der Waals surface area contributed by atoms with Crippen LogP contribution in [0.5, 0.6) is 0 Å². The van der Waals surface area contributed by atoms with Crippen LogP contribution >= 0.6 is 34.8 Å². The zero-order chi connectivity index (χ0) is 13.7. The van der Waals surface area contributed by atoms with Gasteiger partial charge in [-0.15, -0.1) is 4.72 Å². The molecule has 0 fully saturated rings. The van der Waals surface area contributed by atoms with E-state index >= 15 is 0 Å². The molecule has 0 spiro atoms. The molecular weight excluding hydrogens is 303 g/mol. The molecule has 1 N–H and O–H groups in total. The molecule has 7 heteroatoms. The van der Waals surface area contributed by atoms with Gasteiger partial charge in [-0.1, -0.05) is 41.7 Å². The first-order valence-electron chi connectivity index (χ1n) is 5.27. The van der Waals surface area contributed by atoms with Crippen molar-refractivity contribution in [3.8, 4) is 6.07 Å². The molecule has 0 aromatic rings. The molecule has 0 radical (unpaired) electrons. The summed E-state index contributed by atoms with van der Waals surface area (Å²) >= 11 is 15.5. The third-order valence-corrected chi connectivity index (χ3v) is 4.83. The van der Waals surface area contributed by atoms with Gasteiger partial charge in [0.15, 0.2) is 3.79 Å². The minimum atomic E-state index is -1.38. The molecule has 0 aliphatic carbocycles. The maximum Gasteiger partial charge on any atom is 0.190 e. The van der Waals surface area contributed by atoms with E-state index in [4.69, 9.17) is 40.1 Å². The molecule has 0 heterocycles. The standard InChI is InChI=1S/C10H17Cl3N2OS/c1-4-9(2,3)17(16)15-8(7-14)5-6-10(11,12)13/h8,15H,4-6H2,1-3H3/t8-,17?/m0/s1. The SMILES string of the molecule is CCC(C)(C)[S+]([O-])N[C@H](C#N)CCC(Cl)(Cl)Cl. The maximum absolute atomic E-state index is 11.9. The van der Waals surface area contributed by atoms with E-state index in [1.165, 1.54) is 0 Å². The van der Waals surface area contributed by atoms with Crippen LogP contribution < -0.4 is 4.72 Å². The minimum absolute atomic E-state index is 0.243. The van der Waals surface area contributed by atoms with Crippen LogP contribution in [0.3, 0.4) is 0 Å². The Bertz CT molecular complexity index is 276. The number of hydrogen-bond donors (Lipinski definition) is 1. The van der Waals surface area contributed by atoms with Gasteiger partial charge >= 0.3 is 0 Å². The van der Waals surface area contributed by atoms with Crippen LogP contribution in [0.15, 0.2) is 0 Å². The summed E-state index contributed by atoms with van der Waals surface area (Å²) in [6.45, 7) is 5.70. The van der Waals surface area contributed by atoms with Crippen LogP contribution in [0.4, 0.5) is 0 Å². The summed E-state index contributed by atoms with van der Waals surface area (Å²) in [5.41, 5.74) is 0. The van der Waals surface area contributed by atoms with Crippen LogP contribution in [0.25, 0.3) is 0 Å². The molecule has 17 heavy (non-hydrogen) atoms. The van der Waals surface area contributed by atoms with Gasteiger partial charge in [-0.05, 0) is 33.1 Å². The van der Waals surface area contributed by atoms with Crippen LogP contribution in [0, 0.1) is 11.3 Å². The molecule has 3 nitrogen and oxygen atoms in total. The van der Waals surface area contributed by atoms with Crippen LogP contribution in [-0.4, -0.2) is 19.1 Å². The van der Waals surface area contributed by atoms with E-state index < -0.39 is 21.2 Å². The number of nitrogens with zero attached hydrogens (tertiary/aromatic N) is 1. The Morgan fingerprint density at radius 2 is 1.94 bits per heavy atom. The molecule has 1 unspecified atom stereocenters. The van der Waals surface area contributed by atoms with Crippen molar-refractivity contribution in [1.29, 1.82) is 5.26 Å². The van der Waals surface area contributed by atoms with E-state index in [1.807, 2.05) is 26.8 Å². The molecule has 0 saturated carbocycles. The van der Waals surface area contributed by atoms with Crippen molar-refractivity contribution in [2.75, 3.05) is 0 Å². The van der Waals surface area contributed by atoms with Crippen molar-refractivity contribution in [3.05, 3.63) is 0 Å². The van der Waals surface area contributed by atoms with Gasteiger partial charge in [0, 0.05) is 11.4 Å². The first kappa shape index (κ1) is 17.6. The highest BCUT2D eigenvalue weighted by Crippen LogP contribution is 2.32. The fourth-order valence-electron chi connectivity index (χ4n) is 0.878. The van der Waals surface area contributed by atoms with Crippen LogP contribution in [-0.2, 0) is 11.4 Å². The second-order valence-corrected chi connectivity index (χ2v) is 8.73. The number of alkyl halides is 3. The third kappa shape index (κ3) is 7.61. The molecule has 0 saturated heterocycles. The van der Waals surface area contributed by atoms with Gasteiger partial charge in [-0.2, -0.15) is 5.26 Å². The van der Waals surface area contributed by atoms with Crippen molar-refractivity contribution in [2.45, 2.75) is 54.6 Å². The Morgan fingerprint density at radius 3 is 2.29 bits per heavy atom. The van der Waals surface area contributed by atoms with Gasteiger partial charge in [0.1, 0.15) is 10.8 Å². The molecule has 0 bridgehead atoms. The lowest BCUT2D eigenvalue weighted by molar-refractivity contribution is 0.510. The van der Waals surface area contributed by atoms with E-state index in [1.54, 1.807) is 0 Å². The lowest BCUT2D eigenvalue weighted by Crippen LogP contribution is -2.45. The Kier molecular flexibility index (Phi) is 7.55.